The van der Waals surface area contributed by atoms with Crippen LogP contribution < -0.4 is 5.32 Å². The summed E-state index contributed by atoms with van der Waals surface area (Å²) in [6.45, 7) is 6.68. The maximum absolute atomic E-state index is 12.6. The van der Waals surface area contributed by atoms with Gasteiger partial charge in [-0.3, -0.25) is 9.59 Å². The van der Waals surface area contributed by atoms with Gasteiger partial charge in [-0.15, -0.1) is 0 Å². The highest BCUT2D eigenvalue weighted by atomic mass is 16.5. The number of amides is 1. The van der Waals surface area contributed by atoms with Gasteiger partial charge in [0.25, 0.3) is 0 Å². The zero-order valence-electron chi connectivity index (χ0n) is 14.0. The van der Waals surface area contributed by atoms with E-state index in [1.165, 1.54) is 0 Å². The third-order valence-electron chi connectivity index (χ3n) is 4.83. The van der Waals surface area contributed by atoms with Crippen LogP contribution in [0.3, 0.4) is 0 Å². The molecule has 1 aromatic carbocycles. The number of carboxylic acid groups (broad SMARTS) is 1. The van der Waals surface area contributed by atoms with Crippen molar-refractivity contribution in [2.24, 2.45) is 5.41 Å². The van der Waals surface area contributed by atoms with Crippen LogP contribution in [0.2, 0.25) is 0 Å². The maximum atomic E-state index is 12.6. The Labute approximate surface area is 137 Å². The van der Waals surface area contributed by atoms with Crippen molar-refractivity contribution >= 4 is 11.9 Å². The minimum absolute atomic E-state index is 0.139. The molecule has 0 aromatic heterocycles. The summed E-state index contributed by atoms with van der Waals surface area (Å²) in [6, 6.07) is 7.83. The topological polar surface area (TPSA) is 75.6 Å². The van der Waals surface area contributed by atoms with Crippen LogP contribution in [0.4, 0.5) is 0 Å². The number of ether oxygens (including phenoxy) is 1. The van der Waals surface area contributed by atoms with Gasteiger partial charge in [-0.25, -0.2) is 0 Å². The van der Waals surface area contributed by atoms with E-state index in [0.29, 0.717) is 26.1 Å². The molecule has 0 aliphatic carbocycles. The molecule has 2 N–H and O–H groups in total. The lowest BCUT2D eigenvalue weighted by Gasteiger charge is -2.34. The van der Waals surface area contributed by atoms with Gasteiger partial charge in [-0.05, 0) is 39.2 Å². The predicted molar refractivity (Wildman–Crippen MR) is 87.3 cm³/mol. The molecule has 1 aromatic rings. The van der Waals surface area contributed by atoms with E-state index in [1.54, 1.807) is 0 Å². The van der Waals surface area contributed by atoms with Crippen molar-refractivity contribution in [3.05, 3.63) is 35.4 Å². The van der Waals surface area contributed by atoms with E-state index in [2.05, 4.69) is 5.32 Å². The van der Waals surface area contributed by atoms with E-state index in [0.717, 1.165) is 11.1 Å². The lowest BCUT2D eigenvalue weighted by molar-refractivity contribution is -0.154. The molecule has 0 radical (unpaired) electrons. The number of benzene rings is 1. The van der Waals surface area contributed by atoms with E-state index in [4.69, 9.17) is 4.74 Å². The average Bonchev–Trinajstić information content (AvgIpc) is 2.53. The molecule has 2 rings (SSSR count). The Morgan fingerprint density at radius 1 is 1.22 bits per heavy atom. The third-order valence-corrected chi connectivity index (χ3v) is 4.83. The van der Waals surface area contributed by atoms with Crippen molar-refractivity contribution in [3.8, 4) is 0 Å². The van der Waals surface area contributed by atoms with Crippen LogP contribution in [0, 0.1) is 12.3 Å². The molecule has 0 saturated carbocycles. The number of hydrogen-bond acceptors (Lipinski definition) is 3. The molecule has 1 aliphatic heterocycles. The molecule has 1 saturated heterocycles. The molecule has 1 aliphatic rings. The molecule has 5 heteroatoms. The van der Waals surface area contributed by atoms with Crippen LogP contribution in [0.25, 0.3) is 0 Å². The zero-order valence-corrected chi connectivity index (χ0v) is 14.0. The smallest absolute Gasteiger partial charge is 0.311 e. The summed E-state index contributed by atoms with van der Waals surface area (Å²) in [5.74, 6) is -1.03. The summed E-state index contributed by atoms with van der Waals surface area (Å²) < 4.78 is 5.25. The first kappa shape index (κ1) is 17.5. The number of hydrogen-bond donors (Lipinski definition) is 2. The van der Waals surface area contributed by atoms with Gasteiger partial charge in [0.1, 0.15) is 0 Å². The number of rotatable bonds is 5. The van der Waals surface area contributed by atoms with Crippen LogP contribution in [-0.2, 0) is 19.7 Å². The largest absolute Gasteiger partial charge is 0.481 e. The van der Waals surface area contributed by atoms with Gasteiger partial charge in [0.2, 0.25) is 5.91 Å². The molecule has 0 atom stereocenters. The highest BCUT2D eigenvalue weighted by Crippen LogP contribution is 2.31. The molecule has 23 heavy (non-hydrogen) atoms. The Balaban J connectivity index is 2.08. The Hall–Kier alpha value is -1.88. The normalized spacial score (nSPS) is 17.5. The third kappa shape index (κ3) is 3.72. The number of nitrogens with one attached hydrogen (secondary N) is 1. The van der Waals surface area contributed by atoms with Gasteiger partial charge in [-0.1, -0.05) is 29.8 Å². The molecule has 0 bridgehead atoms. The van der Waals surface area contributed by atoms with Crippen molar-refractivity contribution in [3.63, 3.8) is 0 Å². The van der Waals surface area contributed by atoms with Crippen LogP contribution in [0.1, 0.15) is 37.8 Å². The quantitative estimate of drug-likeness (QED) is 0.873. The van der Waals surface area contributed by atoms with E-state index in [1.807, 2.05) is 45.0 Å². The van der Waals surface area contributed by atoms with E-state index < -0.39 is 16.8 Å². The maximum Gasteiger partial charge on any atom is 0.311 e. The van der Waals surface area contributed by atoms with E-state index in [-0.39, 0.29) is 12.5 Å². The second-order valence-corrected chi connectivity index (χ2v) is 6.87. The first-order valence-corrected chi connectivity index (χ1v) is 7.94. The fourth-order valence-corrected chi connectivity index (χ4v) is 2.80. The van der Waals surface area contributed by atoms with Gasteiger partial charge in [0.05, 0.1) is 10.8 Å². The van der Waals surface area contributed by atoms with Crippen LogP contribution in [0.5, 0.6) is 0 Å². The Morgan fingerprint density at radius 3 is 2.30 bits per heavy atom. The Bertz CT molecular complexity index is 571. The van der Waals surface area contributed by atoms with Gasteiger partial charge in [0, 0.05) is 19.8 Å². The van der Waals surface area contributed by atoms with Crippen molar-refractivity contribution in [1.82, 2.24) is 5.32 Å². The second-order valence-electron chi connectivity index (χ2n) is 6.87. The SMILES string of the molecule is Cc1ccc(C(C)(C)C(=O)NCC2(C(=O)O)CCOCC2)cc1. The van der Waals surface area contributed by atoms with Crippen LogP contribution in [0.15, 0.2) is 24.3 Å². The molecule has 1 heterocycles. The highest BCUT2D eigenvalue weighted by molar-refractivity contribution is 5.88. The minimum Gasteiger partial charge on any atom is -0.481 e. The summed E-state index contributed by atoms with van der Waals surface area (Å²) >= 11 is 0. The lowest BCUT2D eigenvalue weighted by atomic mass is 9.79. The number of aryl methyl sites for hydroxylation is 1. The van der Waals surface area contributed by atoms with Crippen LogP contribution in [-0.4, -0.2) is 36.7 Å². The molecular weight excluding hydrogens is 294 g/mol. The molecule has 5 nitrogen and oxygen atoms in total. The van der Waals surface area contributed by atoms with Gasteiger partial charge < -0.3 is 15.2 Å². The fraction of sp³-hybridized carbons (Fsp3) is 0.556. The molecule has 126 valence electrons. The molecule has 1 amide bonds. The Morgan fingerprint density at radius 2 is 1.78 bits per heavy atom. The van der Waals surface area contributed by atoms with Gasteiger partial charge in [0.15, 0.2) is 0 Å². The molecule has 0 spiro atoms. The monoisotopic (exact) mass is 319 g/mol. The van der Waals surface area contributed by atoms with Crippen molar-refractivity contribution in [1.29, 1.82) is 0 Å². The summed E-state index contributed by atoms with van der Waals surface area (Å²) in [5.41, 5.74) is 0.421. The molecule has 0 unspecified atom stereocenters. The number of carbonyl (C=O) groups is 2. The van der Waals surface area contributed by atoms with E-state index >= 15 is 0 Å². The standard InChI is InChI=1S/C18H25NO4/c1-13-4-6-14(7-5-13)17(2,3)15(20)19-12-18(16(21)22)8-10-23-11-9-18/h4-7H,8-12H2,1-3H3,(H,19,20)(H,21,22). The summed E-state index contributed by atoms with van der Waals surface area (Å²) in [7, 11) is 0. The summed E-state index contributed by atoms with van der Waals surface area (Å²) in [5, 5.41) is 12.4. The average molecular weight is 319 g/mol. The number of carboxylic acids is 1. The Kier molecular flexibility index (Phi) is 5.09. The van der Waals surface area contributed by atoms with Gasteiger partial charge in [-0.2, -0.15) is 0 Å². The number of carbonyl (C=O) groups excluding carboxylic acids is 1. The van der Waals surface area contributed by atoms with Crippen molar-refractivity contribution < 1.29 is 19.4 Å². The van der Waals surface area contributed by atoms with E-state index in [9.17, 15) is 14.7 Å². The first-order valence-electron chi connectivity index (χ1n) is 7.94. The fourth-order valence-electron chi connectivity index (χ4n) is 2.80. The predicted octanol–water partition coefficient (Wildman–Crippen LogP) is 2.27. The molecule has 1 fully saturated rings. The van der Waals surface area contributed by atoms with Crippen molar-refractivity contribution in [2.45, 2.75) is 39.0 Å². The zero-order chi connectivity index (χ0) is 17.1. The van der Waals surface area contributed by atoms with Crippen molar-refractivity contribution in [2.75, 3.05) is 19.8 Å². The number of aliphatic carboxylic acids is 1. The summed E-state index contributed by atoms with van der Waals surface area (Å²) in [4.78, 5) is 24.3. The second kappa shape index (κ2) is 6.71. The summed E-state index contributed by atoms with van der Waals surface area (Å²) in [6.07, 6.45) is 0.848. The first-order chi connectivity index (χ1) is 10.8. The van der Waals surface area contributed by atoms with Crippen LogP contribution >= 0.6 is 0 Å². The molecular formula is C18H25NO4. The van der Waals surface area contributed by atoms with Gasteiger partial charge >= 0.3 is 5.97 Å². The minimum atomic E-state index is -0.919. The highest BCUT2D eigenvalue weighted by Gasteiger charge is 2.41. The lowest BCUT2D eigenvalue weighted by Crippen LogP contribution is -2.50.